The van der Waals surface area contributed by atoms with Crippen molar-refractivity contribution < 1.29 is 17.9 Å². The topological polar surface area (TPSA) is 67.9 Å². The number of nitrogens with zero attached hydrogens (tertiary/aromatic N) is 1. The molecule has 1 fully saturated rings. The van der Waals surface area contributed by atoms with E-state index in [0.717, 1.165) is 24.4 Å². The highest BCUT2D eigenvalue weighted by molar-refractivity contribution is 7.89. The second-order valence-corrected chi connectivity index (χ2v) is 7.87. The monoisotopic (exact) mass is 376 g/mol. The summed E-state index contributed by atoms with van der Waals surface area (Å²) in [5, 5.41) is 0. The van der Waals surface area contributed by atoms with Gasteiger partial charge in [0, 0.05) is 25.7 Å². The first-order valence-corrected chi connectivity index (χ1v) is 10.1. The number of morpholine rings is 1. The van der Waals surface area contributed by atoms with Gasteiger partial charge in [0.05, 0.1) is 25.2 Å². The van der Waals surface area contributed by atoms with E-state index in [-0.39, 0.29) is 10.9 Å². The Hall–Kier alpha value is -1.93. The number of nitrogens with one attached hydrogen (secondary N) is 1. The summed E-state index contributed by atoms with van der Waals surface area (Å²) in [6, 6.07) is 16.1. The first kappa shape index (κ1) is 18.8. The fourth-order valence-corrected chi connectivity index (χ4v) is 4.10. The van der Waals surface area contributed by atoms with Gasteiger partial charge in [0.25, 0.3) is 0 Å². The maximum atomic E-state index is 12.6. The van der Waals surface area contributed by atoms with Gasteiger partial charge >= 0.3 is 0 Å². The van der Waals surface area contributed by atoms with Crippen LogP contribution in [-0.2, 0) is 14.8 Å². The molecule has 0 amide bonds. The van der Waals surface area contributed by atoms with E-state index in [2.05, 4.69) is 9.62 Å². The number of benzene rings is 2. The zero-order valence-electron chi connectivity index (χ0n) is 14.8. The van der Waals surface area contributed by atoms with Gasteiger partial charge in [-0.15, -0.1) is 0 Å². The van der Waals surface area contributed by atoms with Crippen LogP contribution in [0.15, 0.2) is 59.5 Å². The lowest BCUT2D eigenvalue weighted by Crippen LogP contribution is -2.43. The predicted octanol–water partition coefficient (Wildman–Crippen LogP) is 2.05. The van der Waals surface area contributed by atoms with Crippen molar-refractivity contribution in [1.82, 2.24) is 9.62 Å². The average molecular weight is 376 g/mol. The molecule has 0 bridgehead atoms. The summed E-state index contributed by atoms with van der Waals surface area (Å²) >= 11 is 0. The van der Waals surface area contributed by atoms with Gasteiger partial charge in [0.2, 0.25) is 10.0 Å². The molecule has 1 aliphatic heterocycles. The van der Waals surface area contributed by atoms with E-state index in [1.54, 1.807) is 37.4 Å². The van der Waals surface area contributed by atoms with Gasteiger partial charge < -0.3 is 9.47 Å². The fourth-order valence-electron chi connectivity index (χ4n) is 3.04. The van der Waals surface area contributed by atoms with Crippen LogP contribution in [-0.4, -0.2) is 53.3 Å². The summed E-state index contributed by atoms with van der Waals surface area (Å²) in [6.45, 7) is 3.13. The van der Waals surface area contributed by atoms with Crippen molar-refractivity contribution in [1.29, 1.82) is 0 Å². The Morgan fingerprint density at radius 2 is 1.73 bits per heavy atom. The highest BCUT2D eigenvalue weighted by atomic mass is 32.2. The standard InChI is InChI=1S/C19H24N2O4S/c1-24-17-9-7-16(8-10-17)19(21-11-13-25-14-12-21)15-20-26(22,23)18-5-3-2-4-6-18/h2-10,19-20H,11-15H2,1H3/t19-/m1/s1. The quantitative estimate of drug-likeness (QED) is 0.801. The molecule has 0 spiro atoms. The van der Waals surface area contributed by atoms with Gasteiger partial charge in [-0.3, -0.25) is 4.90 Å². The minimum Gasteiger partial charge on any atom is -0.497 e. The molecule has 0 unspecified atom stereocenters. The van der Waals surface area contributed by atoms with Gasteiger partial charge in [-0.25, -0.2) is 13.1 Å². The number of hydrogen-bond acceptors (Lipinski definition) is 5. The fraction of sp³-hybridized carbons (Fsp3) is 0.368. The molecule has 7 heteroatoms. The van der Waals surface area contributed by atoms with Crippen LogP contribution in [0, 0.1) is 0 Å². The summed E-state index contributed by atoms with van der Waals surface area (Å²) in [4.78, 5) is 2.52. The minimum absolute atomic E-state index is 0.0664. The molecule has 0 radical (unpaired) electrons. The Bertz CT molecular complexity index is 788. The van der Waals surface area contributed by atoms with Crippen molar-refractivity contribution in [3.05, 3.63) is 60.2 Å². The number of sulfonamides is 1. The molecule has 3 rings (SSSR count). The molecule has 6 nitrogen and oxygen atoms in total. The highest BCUT2D eigenvalue weighted by Gasteiger charge is 2.25. The second-order valence-electron chi connectivity index (χ2n) is 6.10. The Balaban J connectivity index is 1.79. The van der Waals surface area contributed by atoms with E-state index in [0.29, 0.717) is 19.8 Å². The van der Waals surface area contributed by atoms with E-state index >= 15 is 0 Å². The first-order chi connectivity index (χ1) is 12.6. The molecule has 0 aromatic heterocycles. The van der Waals surface area contributed by atoms with Crippen molar-refractivity contribution >= 4 is 10.0 Å². The number of ether oxygens (including phenoxy) is 2. The number of hydrogen-bond donors (Lipinski definition) is 1. The predicted molar refractivity (Wildman–Crippen MR) is 99.8 cm³/mol. The normalized spacial score (nSPS) is 17.0. The van der Waals surface area contributed by atoms with Crippen molar-refractivity contribution in [2.24, 2.45) is 0 Å². The second kappa shape index (κ2) is 8.64. The average Bonchev–Trinajstić information content (AvgIpc) is 2.70. The highest BCUT2D eigenvalue weighted by Crippen LogP contribution is 2.24. The van der Waals surface area contributed by atoms with Crippen LogP contribution in [0.25, 0.3) is 0 Å². The lowest BCUT2D eigenvalue weighted by molar-refractivity contribution is 0.0172. The van der Waals surface area contributed by atoms with Gasteiger partial charge in [0.15, 0.2) is 0 Å². The Morgan fingerprint density at radius 1 is 1.08 bits per heavy atom. The largest absolute Gasteiger partial charge is 0.497 e. The third-order valence-corrected chi connectivity index (χ3v) is 5.95. The van der Waals surface area contributed by atoms with Crippen LogP contribution in [0.1, 0.15) is 11.6 Å². The molecule has 1 atom stereocenters. The molecule has 1 saturated heterocycles. The smallest absolute Gasteiger partial charge is 0.240 e. The van der Waals surface area contributed by atoms with Crippen LogP contribution in [0.4, 0.5) is 0 Å². The van der Waals surface area contributed by atoms with Gasteiger partial charge in [-0.05, 0) is 29.8 Å². The summed E-state index contributed by atoms with van der Waals surface area (Å²) in [6.07, 6.45) is 0. The molecule has 2 aromatic carbocycles. The van der Waals surface area contributed by atoms with Crippen molar-refractivity contribution in [3.63, 3.8) is 0 Å². The van der Waals surface area contributed by atoms with Gasteiger partial charge in [-0.1, -0.05) is 30.3 Å². The molecular weight excluding hydrogens is 352 g/mol. The first-order valence-electron chi connectivity index (χ1n) is 8.60. The maximum Gasteiger partial charge on any atom is 0.240 e. The third kappa shape index (κ3) is 4.62. The molecule has 0 aliphatic carbocycles. The number of methoxy groups -OCH3 is 1. The maximum absolute atomic E-state index is 12.6. The van der Waals surface area contributed by atoms with Crippen molar-refractivity contribution in [3.8, 4) is 5.75 Å². The summed E-state index contributed by atoms with van der Waals surface area (Å²) < 4.78 is 38.6. The minimum atomic E-state index is -3.55. The zero-order valence-corrected chi connectivity index (χ0v) is 15.6. The van der Waals surface area contributed by atoms with E-state index in [1.165, 1.54) is 0 Å². The summed E-state index contributed by atoms with van der Waals surface area (Å²) in [7, 11) is -1.92. The lowest BCUT2D eigenvalue weighted by atomic mass is 10.0. The van der Waals surface area contributed by atoms with E-state index in [1.807, 2.05) is 24.3 Å². The zero-order chi connectivity index (χ0) is 18.4. The molecule has 1 heterocycles. The van der Waals surface area contributed by atoms with E-state index in [4.69, 9.17) is 9.47 Å². The summed E-state index contributed by atoms with van der Waals surface area (Å²) in [5.41, 5.74) is 1.04. The van der Waals surface area contributed by atoms with E-state index in [9.17, 15) is 8.42 Å². The molecular formula is C19H24N2O4S. The molecule has 2 aromatic rings. The van der Waals surface area contributed by atoms with Crippen LogP contribution >= 0.6 is 0 Å². The molecule has 1 N–H and O–H groups in total. The Kier molecular flexibility index (Phi) is 6.26. The van der Waals surface area contributed by atoms with E-state index < -0.39 is 10.0 Å². The van der Waals surface area contributed by atoms with Crippen LogP contribution in [0.5, 0.6) is 5.75 Å². The Morgan fingerprint density at radius 3 is 2.35 bits per heavy atom. The summed E-state index contributed by atoms with van der Waals surface area (Å²) in [5.74, 6) is 0.777. The molecule has 1 aliphatic rings. The van der Waals surface area contributed by atoms with Gasteiger partial charge in [-0.2, -0.15) is 0 Å². The van der Waals surface area contributed by atoms with Crippen LogP contribution < -0.4 is 9.46 Å². The third-order valence-electron chi connectivity index (χ3n) is 4.51. The molecule has 0 saturated carbocycles. The molecule has 140 valence electrons. The SMILES string of the molecule is COc1ccc([C@@H](CNS(=O)(=O)c2ccccc2)N2CCOCC2)cc1. The molecule has 26 heavy (non-hydrogen) atoms. The van der Waals surface area contributed by atoms with Crippen molar-refractivity contribution in [2.75, 3.05) is 40.0 Å². The Labute approximate surface area is 154 Å². The van der Waals surface area contributed by atoms with Gasteiger partial charge in [0.1, 0.15) is 5.75 Å². The number of rotatable bonds is 7. The lowest BCUT2D eigenvalue weighted by Gasteiger charge is -2.35. The van der Waals surface area contributed by atoms with Crippen molar-refractivity contribution in [2.45, 2.75) is 10.9 Å². The van der Waals surface area contributed by atoms with Crippen LogP contribution in [0.3, 0.4) is 0 Å². The van der Waals surface area contributed by atoms with Crippen LogP contribution in [0.2, 0.25) is 0 Å².